The molecular weight excluding hydrogens is 274 g/mol. The van der Waals surface area contributed by atoms with Gasteiger partial charge in [-0.2, -0.15) is 11.3 Å². The first-order chi connectivity index (χ1) is 8.16. The number of anilines is 1. The van der Waals surface area contributed by atoms with Crippen LogP contribution < -0.4 is 5.73 Å². The van der Waals surface area contributed by atoms with Gasteiger partial charge in [-0.05, 0) is 47.0 Å². The molecule has 0 aliphatic rings. The summed E-state index contributed by atoms with van der Waals surface area (Å²) < 4.78 is 12.0. The number of thiophene rings is 1. The van der Waals surface area contributed by atoms with Gasteiger partial charge in [-0.25, -0.2) is 0 Å². The van der Waals surface area contributed by atoms with Crippen LogP contribution in [-0.2, 0) is 17.2 Å². The monoisotopic (exact) mass is 285 g/mol. The highest BCUT2D eigenvalue weighted by atomic mass is 35.5. The maximum atomic E-state index is 12.0. The summed E-state index contributed by atoms with van der Waals surface area (Å²) in [4.78, 5) is 0.736. The summed E-state index contributed by atoms with van der Waals surface area (Å²) in [5, 5.41) is 4.57. The fraction of sp³-hybridized carbons (Fsp3) is 0.167. The number of rotatable bonds is 4. The van der Waals surface area contributed by atoms with Crippen molar-refractivity contribution in [3.63, 3.8) is 0 Å². The molecule has 5 heteroatoms. The topological polar surface area (TPSA) is 43.1 Å². The van der Waals surface area contributed by atoms with Crippen molar-refractivity contribution in [2.45, 2.75) is 11.3 Å². The van der Waals surface area contributed by atoms with Crippen LogP contribution in [0.3, 0.4) is 0 Å². The van der Waals surface area contributed by atoms with Crippen molar-refractivity contribution in [1.82, 2.24) is 0 Å². The van der Waals surface area contributed by atoms with Gasteiger partial charge < -0.3 is 5.73 Å². The van der Waals surface area contributed by atoms with Crippen LogP contribution in [0.4, 0.5) is 5.69 Å². The number of hydrogen-bond acceptors (Lipinski definition) is 3. The molecule has 1 unspecified atom stereocenters. The van der Waals surface area contributed by atoms with Gasteiger partial charge in [0.25, 0.3) is 0 Å². The second kappa shape index (κ2) is 5.67. The van der Waals surface area contributed by atoms with Crippen LogP contribution in [0, 0.1) is 0 Å². The van der Waals surface area contributed by atoms with Crippen LogP contribution in [0.5, 0.6) is 0 Å². The molecule has 2 rings (SSSR count). The molecule has 1 heterocycles. The second-order valence-corrected chi connectivity index (χ2v) is 6.37. The summed E-state index contributed by atoms with van der Waals surface area (Å²) in [6.07, 6.45) is 0.818. The number of halogens is 1. The van der Waals surface area contributed by atoms with Crippen molar-refractivity contribution in [1.29, 1.82) is 0 Å². The predicted molar refractivity (Wildman–Crippen MR) is 75.2 cm³/mol. The van der Waals surface area contributed by atoms with Gasteiger partial charge >= 0.3 is 0 Å². The molecule has 0 amide bonds. The van der Waals surface area contributed by atoms with E-state index in [1.54, 1.807) is 29.5 Å². The Labute approximate surface area is 112 Å². The molecule has 0 aliphatic carbocycles. The van der Waals surface area contributed by atoms with Crippen LogP contribution in [0.1, 0.15) is 5.56 Å². The van der Waals surface area contributed by atoms with Crippen molar-refractivity contribution in [3.05, 3.63) is 45.6 Å². The lowest BCUT2D eigenvalue weighted by atomic mass is 10.3. The number of aryl methyl sites for hydroxylation is 1. The van der Waals surface area contributed by atoms with Gasteiger partial charge in [0.05, 0.1) is 21.5 Å². The molecule has 0 fully saturated rings. The summed E-state index contributed by atoms with van der Waals surface area (Å²) in [5.74, 6) is 0.608. The second-order valence-electron chi connectivity index (χ2n) is 3.61. The molecule has 2 aromatic rings. The largest absolute Gasteiger partial charge is 0.398 e. The maximum Gasteiger partial charge on any atom is 0.0647 e. The van der Waals surface area contributed by atoms with Crippen molar-refractivity contribution >= 4 is 39.4 Å². The SMILES string of the molecule is Nc1ccc(S(=O)CCc2ccsc2)cc1Cl. The first-order valence-corrected chi connectivity index (χ1v) is 7.75. The first kappa shape index (κ1) is 12.6. The molecule has 2 nitrogen and oxygen atoms in total. The molecular formula is C12H12ClNOS2. The summed E-state index contributed by atoms with van der Waals surface area (Å²) >= 11 is 7.55. The third-order valence-corrected chi connectivity index (χ3v) is 4.81. The van der Waals surface area contributed by atoms with Gasteiger partial charge in [0.1, 0.15) is 0 Å². The van der Waals surface area contributed by atoms with Crippen molar-refractivity contribution < 1.29 is 4.21 Å². The average Bonchev–Trinajstić information content (AvgIpc) is 2.82. The van der Waals surface area contributed by atoms with Crippen LogP contribution in [0.15, 0.2) is 39.9 Å². The van der Waals surface area contributed by atoms with E-state index in [0.29, 0.717) is 16.5 Å². The first-order valence-electron chi connectivity index (χ1n) is 5.11. The molecule has 1 aromatic heterocycles. The molecule has 90 valence electrons. The lowest BCUT2D eigenvalue weighted by Gasteiger charge is -2.03. The Morgan fingerprint density at radius 2 is 2.18 bits per heavy atom. The maximum absolute atomic E-state index is 12.0. The predicted octanol–water partition coefficient (Wildman–Crippen LogP) is 3.33. The third-order valence-electron chi connectivity index (χ3n) is 2.39. The van der Waals surface area contributed by atoms with Crippen LogP contribution in [-0.4, -0.2) is 9.96 Å². The Morgan fingerprint density at radius 1 is 1.35 bits per heavy atom. The Kier molecular flexibility index (Phi) is 4.20. The highest BCUT2D eigenvalue weighted by molar-refractivity contribution is 7.85. The smallest absolute Gasteiger partial charge is 0.0647 e. The highest BCUT2D eigenvalue weighted by Gasteiger charge is 2.06. The zero-order chi connectivity index (χ0) is 12.3. The van der Waals surface area contributed by atoms with E-state index in [2.05, 4.69) is 11.4 Å². The van der Waals surface area contributed by atoms with E-state index in [9.17, 15) is 4.21 Å². The van der Waals surface area contributed by atoms with Crippen molar-refractivity contribution in [2.24, 2.45) is 0 Å². The van der Waals surface area contributed by atoms with E-state index in [4.69, 9.17) is 17.3 Å². The quantitative estimate of drug-likeness (QED) is 0.876. The zero-order valence-electron chi connectivity index (χ0n) is 9.06. The average molecular weight is 286 g/mol. The number of benzene rings is 1. The number of nitrogen functional groups attached to an aromatic ring is 1. The van der Waals surface area contributed by atoms with Gasteiger partial charge in [-0.15, -0.1) is 0 Å². The standard InChI is InChI=1S/C12H12ClNOS2/c13-11-7-10(1-2-12(11)14)17(15)6-4-9-3-5-16-8-9/h1-3,5,7-8H,4,6,14H2. The summed E-state index contributed by atoms with van der Waals surface area (Å²) in [5.41, 5.74) is 7.36. The Bertz CT molecular complexity index is 525. The zero-order valence-corrected chi connectivity index (χ0v) is 11.4. The van der Waals surface area contributed by atoms with E-state index in [0.717, 1.165) is 11.3 Å². The van der Waals surface area contributed by atoms with E-state index in [1.165, 1.54) is 5.56 Å². The Hall–Kier alpha value is -0.840. The van der Waals surface area contributed by atoms with Gasteiger partial charge in [0.15, 0.2) is 0 Å². The van der Waals surface area contributed by atoms with E-state index < -0.39 is 10.8 Å². The van der Waals surface area contributed by atoms with E-state index in [-0.39, 0.29) is 0 Å². The normalized spacial score (nSPS) is 12.5. The van der Waals surface area contributed by atoms with Crippen LogP contribution in [0.25, 0.3) is 0 Å². The van der Waals surface area contributed by atoms with Crippen LogP contribution >= 0.6 is 22.9 Å². The molecule has 0 aliphatic heterocycles. The lowest BCUT2D eigenvalue weighted by Crippen LogP contribution is -2.01. The minimum atomic E-state index is -1.02. The number of hydrogen-bond donors (Lipinski definition) is 1. The van der Waals surface area contributed by atoms with E-state index >= 15 is 0 Å². The molecule has 1 atom stereocenters. The van der Waals surface area contributed by atoms with Gasteiger partial charge in [-0.3, -0.25) is 4.21 Å². The number of nitrogens with two attached hydrogens (primary N) is 1. The van der Waals surface area contributed by atoms with Crippen molar-refractivity contribution in [2.75, 3.05) is 11.5 Å². The van der Waals surface area contributed by atoms with E-state index in [1.807, 2.05) is 5.38 Å². The molecule has 0 radical (unpaired) electrons. The summed E-state index contributed by atoms with van der Waals surface area (Å²) in [7, 11) is -1.02. The van der Waals surface area contributed by atoms with Crippen LogP contribution in [0.2, 0.25) is 5.02 Å². The minimum absolute atomic E-state index is 0.464. The fourth-order valence-corrected chi connectivity index (χ4v) is 3.49. The highest BCUT2D eigenvalue weighted by Crippen LogP contribution is 2.22. The fourth-order valence-electron chi connectivity index (χ4n) is 1.41. The molecule has 0 saturated heterocycles. The molecule has 1 aromatic carbocycles. The minimum Gasteiger partial charge on any atom is -0.398 e. The molecule has 17 heavy (non-hydrogen) atoms. The summed E-state index contributed by atoms with van der Waals surface area (Å²) in [6.45, 7) is 0. The van der Waals surface area contributed by atoms with Gasteiger partial charge in [0.2, 0.25) is 0 Å². The van der Waals surface area contributed by atoms with Gasteiger partial charge in [-0.1, -0.05) is 11.6 Å². The van der Waals surface area contributed by atoms with Gasteiger partial charge in [0, 0.05) is 10.6 Å². The third kappa shape index (κ3) is 3.31. The molecule has 0 spiro atoms. The molecule has 0 saturated carbocycles. The summed E-state index contributed by atoms with van der Waals surface area (Å²) in [6, 6.07) is 7.20. The molecule has 2 N–H and O–H groups in total. The molecule has 0 bridgehead atoms. The Morgan fingerprint density at radius 3 is 2.82 bits per heavy atom. The van der Waals surface area contributed by atoms with Crippen molar-refractivity contribution in [3.8, 4) is 0 Å². The lowest BCUT2D eigenvalue weighted by molar-refractivity contribution is 0.682. The Balaban J connectivity index is 2.02.